The van der Waals surface area contributed by atoms with Crippen LogP contribution >= 0.6 is 0 Å². The fraction of sp³-hybridized carbons (Fsp3) is 0.487. The van der Waals surface area contributed by atoms with E-state index in [1.54, 1.807) is 12.3 Å². The predicted octanol–water partition coefficient (Wildman–Crippen LogP) is 2.10. The van der Waals surface area contributed by atoms with E-state index in [2.05, 4.69) is 25.9 Å². The number of likely N-dealkylation sites (tertiary alicyclic amines) is 1. The summed E-state index contributed by atoms with van der Waals surface area (Å²) < 4.78 is 5.96. The lowest BCUT2D eigenvalue weighted by molar-refractivity contribution is -0.140. The van der Waals surface area contributed by atoms with Crippen molar-refractivity contribution >= 4 is 29.5 Å². The number of aromatic nitrogens is 2. The van der Waals surface area contributed by atoms with Gasteiger partial charge in [0.05, 0.1) is 18.9 Å². The van der Waals surface area contributed by atoms with Gasteiger partial charge in [-0.05, 0) is 54.9 Å². The van der Waals surface area contributed by atoms with Crippen LogP contribution in [0.3, 0.4) is 0 Å². The molecule has 0 spiro atoms. The summed E-state index contributed by atoms with van der Waals surface area (Å²) in [5, 5.41) is 9.01. The maximum Gasteiger partial charge on any atom is 0.258 e. The number of imidazole rings is 1. The topological polar surface area (TPSA) is 166 Å². The molecule has 1 saturated heterocycles. The number of rotatable bonds is 7. The number of benzene rings is 2. The summed E-state index contributed by atoms with van der Waals surface area (Å²) in [4.78, 5) is 79.6. The van der Waals surface area contributed by atoms with Gasteiger partial charge in [-0.3, -0.25) is 24.0 Å². The van der Waals surface area contributed by atoms with Gasteiger partial charge in [0.1, 0.15) is 17.8 Å². The zero-order chi connectivity index (χ0) is 36.0. The number of carbonyl (C=O) groups excluding carboxylic acids is 5. The molecule has 2 aliphatic heterocycles. The van der Waals surface area contributed by atoms with Crippen LogP contribution in [0.2, 0.25) is 0 Å². The average Bonchev–Trinajstić information content (AvgIpc) is 3.51. The van der Waals surface area contributed by atoms with E-state index in [4.69, 9.17) is 4.74 Å². The van der Waals surface area contributed by atoms with E-state index in [0.717, 1.165) is 49.7 Å². The van der Waals surface area contributed by atoms with Gasteiger partial charge >= 0.3 is 0 Å². The van der Waals surface area contributed by atoms with E-state index in [1.807, 2.05) is 53.4 Å². The van der Waals surface area contributed by atoms with Gasteiger partial charge in [0.25, 0.3) is 5.91 Å². The molecule has 13 nitrogen and oxygen atoms in total. The zero-order valence-corrected chi connectivity index (χ0v) is 29.3. The van der Waals surface area contributed by atoms with Gasteiger partial charge in [-0.2, -0.15) is 0 Å². The van der Waals surface area contributed by atoms with E-state index in [-0.39, 0.29) is 55.6 Å². The maximum atomic E-state index is 14.3. The van der Waals surface area contributed by atoms with Crippen molar-refractivity contribution in [2.24, 2.45) is 11.8 Å². The highest BCUT2D eigenvalue weighted by molar-refractivity contribution is 5.93. The van der Waals surface area contributed by atoms with Gasteiger partial charge in [-0.1, -0.05) is 55.3 Å². The smallest absolute Gasteiger partial charge is 0.258 e. The molecule has 4 atom stereocenters. The summed E-state index contributed by atoms with van der Waals surface area (Å²) in [7, 11) is 0. The zero-order valence-electron chi connectivity index (χ0n) is 29.3. The molecule has 3 fully saturated rings. The standard InChI is InChI=1S/C39H47N7O6/c47-35-22-45(19-26-13-14-26)39(51)33(17-29-18-40-24-41-29)43-36(48)23-52-30-12-6-11-28(16-30)31-20-46(38(50)27-9-4-5-10-27)21-34(31)44-37(49)32(42-35)15-25-7-2-1-3-8-25/h1-3,6-8,11-12,16,18,24,26-27,31-34H,4-5,9-10,13-15,17,19-23H2,(H,40,41)(H,42,47)(H,43,48)(H,44,49)/t31-,32+,33+,34+/m1/s1. The second-order valence-corrected chi connectivity index (χ2v) is 14.7. The van der Waals surface area contributed by atoms with Crippen LogP contribution in [0.25, 0.3) is 0 Å². The molecule has 2 saturated carbocycles. The van der Waals surface area contributed by atoms with Crippen molar-refractivity contribution in [1.29, 1.82) is 0 Å². The highest BCUT2D eigenvalue weighted by Gasteiger charge is 2.41. The molecule has 3 heterocycles. The Morgan fingerprint density at radius 3 is 2.38 bits per heavy atom. The van der Waals surface area contributed by atoms with E-state index < -0.39 is 35.8 Å². The molecule has 0 radical (unpaired) electrons. The van der Waals surface area contributed by atoms with Crippen molar-refractivity contribution in [2.75, 3.05) is 32.8 Å². The Morgan fingerprint density at radius 1 is 0.846 bits per heavy atom. The second kappa shape index (κ2) is 16.0. The fourth-order valence-electron chi connectivity index (χ4n) is 7.76. The summed E-state index contributed by atoms with van der Waals surface area (Å²) in [6.45, 7) is 0.507. The van der Waals surface area contributed by atoms with Crippen molar-refractivity contribution in [3.63, 3.8) is 0 Å². The van der Waals surface area contributed by atoms with Crippen molar-refractivity contribution < 1.29 is 28.7 Å². The predicted molar refractivity (Wildman–Crippen MR) is 191 cm³/mol. The van der Waals surface area contributed by atoms with Gasteiger partial charge in [-0.15, -0.1) is 0 Å². The molecule has 52 heavy (non-hydrogen) atoms. The monoisotopic (exact) mass is 709 g/mol. The Balaban J connectivity index is 1.20. The van der Waals surface area contributed by atoms with Crippen LogP contribution in [-0.4, -0.2) is 100 Å². The highest BCUT2D eigenvalue weighted by atomic mass is 16.5. The minimum atomic E-state index is -0.987. The first kappa shape index (κ1) is 35.2. The number of nitrogens with one attached hydrogen (secondary N) is 4. The van der Waals surface area contributed by atoms with Crippen molar-refractivity contribution in [2.45, 2.75) is 75.4 Å². The van der Waals surface area contributed by atoms with Crippen LogP contribution in [0.4, 0.5) is 0 Å². The third kappa shape index (κ3) is 8.80. The van der Waals surface area contributed by atoms with Crippen LogP contribution in [-0.2, 0) is 36.8 Å². The van der Waals surface area contributed by atoms with Gasteiger partial charge in [0, 0.05) is 56.2 Å². The maximum absolute atomic E-state index is 14.3. The molecule has 4 N–H and O–H groups in total. The van der Waals surface area contributed by atoms with Crippen LogP contribution < -0.4 is 20.7 Å². The number of hydrogen-bond donors (Lipinski definition) is 4. The molecule has 2 aromatic carbocycles. The lowest BCUT2D eigenvalue weighted by atomic mass is 9.93. The number of carbonyl (C=O) groups is 5. The Hall–Kier alpha value is -5.20. The number of hydrogen-bond acceptors (Lipinski definition) is 7. The van der Waals surface area contributed by atoms with Crippen LogP contribution in [0.15, 0.2) is 67.1 Å². The number of nitrogens with zero attached hydrogens (tertiary/aromatic N) is 3. The lowest BCUT2D eigenvalue weighted by Gasteiger charge is -2.29. The minimum Gasteiger partial charge on any atom is -0.484 e. The van der Waals surface area contributed by atoms with Crippen LogP contribution in [0.1, 0.15) is 61.3 Å². The Kier molecular flexibility index (Phi) is 10.8. The number of H-pyrrole nitrogens is 1. The molecule has 2 bridgehead atoms. The molecule has 274 valence electrons. The molecule has 7 rings (SSSR count). The summed E-state index contributed by atoms with van der Waals surface area (Å²) in [6.07, 6.45) is 9.18. The van der Waals surface area contributed by atoms with Gasteiger partial charge in [-0.25, -0.2) is 4.98 Å². The van der Waals surface area contributed by atoms with E-state index in [1.165, 1.54) is 11.2 Å². The minimum absolute atomic E-state index is 0.0127. The molecule has 3 aromatic rings. The Labute approximate surface area is 303 Å². The van der Waals surface area contributed by atoms with E-state index in [9.17, 15) is 24.0 Å². The third-order valence-electron chi connectivity index (χ3n) is 10.7. The Morgan fingerprint density at radius 2 is 1.63 bits per heavy atom. The fourth-order valence-corrected chi connectivity index (χ4v) is 7.76. The summed E-state index contributed by atoms with van der Waals surface area (Å²) in [5.41, 5.74) is 2.37. The highest BCUT2D eigenvalue weighted by Crippen LogP contribution is 2.34. The van der Waals surface area contributed by atoms with Crippen molar-refractivity contribution in [1.82, 2.24) is 35.7 Å². The summed E-state index contributed by atoms with van der Waals surface area (Å²) in [6, 6.07) is 14.5. The third-order valence-corrected chi connectivity index (χ3v) is 10.7. The number of fused-ring (bicyclic) bond motifs is 4. The number of amides is 5. The van der Waals surface area contributed by atoms with Crippen molar-refractivity contribution in [3.05, 3.63) is 83.9 Å². The van der Waals surface area contributed by atoms with Crippen molar-refractivity contribution in [3.8, 4) is 5.75 Å². The van der Waals surface area contributed by atoms with Crippen LogP contribution in [0.5, 0.6) is 5.75 Å². The molecule has 5 amide bonds. The molecular weight excluding hydrogens is 662 g/mol. The molecule has 2 aliphatic carbocycles. The number of ether oxygens (including phenoxy) is 1. The number of aromatic amines is 1. The summed E-state index contributed by atoms with van der Waals surface area (Å²) >= 11 is 0. The SMILES string of the molecule is O=C1CN(CC2CC2)C(=O)[C@H](Cc2cnc[nH]2)NC(=O)COc2cccc(c2)[C@H]2CN(C(=O)C3CCCC3)C[C@@H]2NC(=O)[C@H](Cc2ccccc2)N1. The normalized spacial score (nSPS) is 25.0. The molecule has 1 aromatic heterocycles. The first-order valence-corrected chi connectivity index (χ1v) is 18.5. The first-order valence-electron chi connectivity index (χ1n) is 18.5. The lowest BCUT2D eigenvalue weighted by Crippen LogP contribution is -2.56. The largest absolute Gasteiger partial charge is 0.484 e. The quantitative estimate of drug-likeness (QED) is 0.292. The first-order chi connectivity index (χ1) is 25.3. The van der Waals surface area contributed by atoms with Gasteiger partial charge < -0.3 is 35.5 Å². The molecule has 0 unspecified atom stereocenters. The molecular formula is C39H47N7O6. The second-order valence-electron chi connectivity index (χ2n) is 14.7. The van der Waals surface area contributed by atoms with E-state index in [0.29, 0.717) is 31.1 Å². The van der Waals surface area contributed by atoms with Gasteiger partial charge in [0.2, 0.25) is 23.6 Å². The molecule has 4 aliphatic rings. The van der Waals surface area contributed by atoms with Gasteiger partial charge in [0.15, 0.2) is 6.61 Å². The average molecular weight is 710 g/mol. The Bertz CT molecular complexity index is 1740. The van der Waals surface area contributed by atoms with E-state index >= 15 is 0 Å². The van der Waals surface area contributed by atoms with Crippen LogP contribution in [0, 0.1) is 11.8 Å². The molecule has 13 heteroatoms. The summed E-state index contributed by atoms with van der Waals surface area (Å²) in [5.74, 6) is -1.16.